The van der Waals surface area contributed by atoms with Gasteiger partial charge in [0.1, 0.15) is 5.69 Å². The maximum Gasteiger partial charge on any atom is 0.417 e. The lowest BCUT2D eigenvalue weighted by Crippen LogP contribution is -2.58. The fourth-order valence-corrected chi connectivity index (χ4v) is 5.83. The van der Waals surface area contributed by atoms with Gasteiger partial charge in [-0.15, -0.1) is 0 Å². The number of likely N-dealkylation sites (N-methyl/N-ethyl adjacent to an activating group) is 1. The molecule has 0 aliphatic carbocycles. The van der Waals surface area contributed by atoms with Gasteiger partial charge in [-0.05, 0) is 48.4 Å². The number of carbonyl (C=O) groups excluding carboxylic acids is 3. The summed E-state index contributed by atoms with van der Waals surface area (Å²) in [6, 6.07) is 9.66. The molecule has 1 aromatic carbocycles. The van der Waals surface area contributed by atoms with Crippen LogP contribution in [-0.4, -0.2) is 94.8 Å². The van der Waals surface area contributed by atoms with Gasteiger partial charge in [0.2, 0.25) is 0 Å². The van der Waals surface area contributed by atoms with E-state index >= 15 is 0 Å². The number of hydrogen-bond acceptors (Lipinski definition) is 5. The Labute approximate surface area is 255 Å². The molecule has 0 spiro atoms. The van der Waals surface area contributed by atoms with E-state index in [9.17, 15) is 27.6 Å². The molecule has 2 aliphatic heterocycles. The molecule has 5 rings (SSSR count). The number of furan rings is 1. The SMILES string of the molecule is CN(C(=O)c1ccc(C(F)(F)F)cn1)[C@@H]1CCN(C(=O)N2CCN(C(=O)c3ccco3)CC2)C[C@H]1c1ccc(Cl)c(Cl)c1. The van der Waals surface area contributed by atoms with E-state index in [0.717, 1.165) is 17.7 Å². The second-order valence-corrected chi connectivity index (χ2v) is 11.3. The molecule has 2 atom stereocenters. The van der Waals surface area contributed by atoms with Gasteiger partial charge in [-0.25, -0.2) is 4.79 Å². The van der Waals surface area contributed by atoms with Gasteiger partial charge in [-0.1, -0.05) is 29.3 Å². The first-order chi connectivity index (χ1) is 20.4. The number of piperidine rings is 1. The summed E-state index contributed by atoms with van der Waals surface area (Å²) in [5.41, 5.74) is -0.312. The molecule has 2 aromatic heterocycles. The van der Waals surface area contributed by atoms with Crippen LogP contribution < -0.4 is 0 Å². The number of amides is 4. The van der Waals surface area contributed by atoms with Crippen LogP contribution in [0, 0.1) is 0 Å². The summed E-state index contributed by atoms with van der Waals surface area (Å²) in [6.45, 7) is 2.00. The minimum absolute atomic E-state index is 0.121. The molecule has 0 saturated carbocycles. The van der Waals surface area contributed by atoms with Crippen LogP contribution in [0.4, 0.5) is 18.0 Å². The van der Waals surface area contributed by atoms with Crippen molar-refractivity contribution in [1.82, 2.24) is 24.6 Å². The highest BCUT2D eigenvalue weighted by Crippen LogP contribution is 2.35. The molecule has 228 valence electrons. The van der Waals surface area contributed by atoms with Crippen LogP contribution in [0.3, 0.4) is 0 Å². The number of alkyl halides is 3. The fourth-order valence-electron chi connectivity index (χ4n) is 5.52. The van der Waals surface area contributed by atoms with Crippen LogP contribution in [0.5, 0.6) is 0 Å². The van der Waals surface area contributed by atoms with Crippen molar-refractivity contribution in [1.29, 1.82) is 0 Å². The molecule has 0 N–H and O–H groups in total. The molecule has 14 heteroatoms. The van der Waals surface area contributed by atoms with Gasteiger partial charge < -0.3 is 24.0 Å². The van der Waals surface area contributed by atoms with Crippen LogP contribution >= 0.6 is 23.2 Å². The smallest absolute Gasteiger partial charge is 0.417 e. The first-order valence-corrected chi connectivity index (χ1v) is 14.3. The van der Waals surface area contributed by atoms with Gasteiger partial charge in [-0.3, -0.25) is 14.6 Å². The van der Waals surface area contributed by atoms with Crippen molar-refractivity contribution in [2.45, 2.75) is 24.6 Å². The van der Waals surface area contributed by atoms with E-state index in [1.165, 1.54) is 11.2 Å². The number of likely N-dealkylation sites (tertiary alicyclic amines) is 1. The molecule has 2 aliphatic rings. The third kappa shape index (κ3) is 6.59. The largest absolute Gasteiger partial charge is 0.459 e. The molecule has 2 fully saturated rings. The van der Waals surface area contributed by atoms with Crippen LogP contribution in [0.2, 0.25) is 10.0 Å². The predicted molar refractivity (Wildman–Crippen MR) is 152 cm³/mol. The van der Waals surface area contributed by atoms with Crippen molar-refractivity contribution < 1.29 is 32.0 Å². The summed E-state index contributed by atoms with van der Waals surface area (Å²) in [6.07, 6.45) is -2.09. The second kappa shape index (κ2) is 12.5. The summed E-state index contributed by atoms with van der Waals surface area (Å²) in [5.74, 6) is -0.900. The monoisotopic (exact) mass is 637 g/mol. The average molecular weight is 638 g/mol. The normalized spacial score (nSPS) is 19.3. The number of halogens is 5. The maximum absolute atomic E-state index is 13.6. The molecular weight excluding hydrogens is 610 g/mol. The Kier molecular flexibility index (Phi) is 8.89. The number of urea groups is 1. The Bertz CT molecular complexity index is 1480. The van der Waals surface area contributed by atoms with E-state index in [1.54, 1.807) is 52.1 Å². The Morgan fingerprint density at radius 3 is 2.28 bits per heavy atom. The zero-order valence-corrected chi connectivity index (χ0v) is 24.6. The summed E-state index contributed by atoms with van der Waals surface area (Å²) < 4.78 is 44.2. The van der Waals surface area contributed by atoms with Crippen molar-refractivity contribution in [3.63, 3.8) is 0 Å². The number of carbonyl (C=O) groups is 3. The van der Waals surface area contributed by atoms with Gasteiger partial charge in [0, 0.05) is 64.5 Å². The van der Waals surface area contributed by atoms with Crippen molar-refractivity contribution in [2.24, 2.45) is 0 Å². The van der Waals surface area contributed by atoms with Gasteiger partial charge in [0.05, 0.1) is 21.9 Å². The zero-order valence-electron chi connectivity index (χ0n) is 23.1. The van der Waals surface area contributed by atoms with E-state index in [4.69, 9.17) is 27.6 Å². The van der Waals surface area contributed by atoms with Gasteiger partial charge in [0.15, 0.2) is 5.76 Å². The highest BCUT2D eigenvalue weighted by Gasteiger charge is 2.39. The summed E-state index contributed by atoms with van der Waals surface area (Å²) in [7, 11) is 1.57. The average Bonchev–Trinajstić information content (AvgIpc) is 3.56. The molecule has 2 saturated heterocycles. The highest BCUT2D eigenvalue weighted by molar-refractivity contribution is 6.42. The fraction of sp³-hybridized carbons (Fsp3) is 0.379. The molecule has 0 bridgehead atoms. The number of piperazine rings is 1. The summed E-state index contributed by atoms with van der Waals surface area (Å²) in [4.78, 5) is 49.8. The molecule has 9 nitrogen and oxygen atoms in total. The second-order valence-electron chi connectivity index (χ2n) is 10.5. The van der Waals surface area contributed by atoms with Crippen LogP contribution in [0.1, 0.15) is 44.5 Å². The van der Waals surface area contributed by atoms with Gasteiger partial charge >= 0.3 is 12.2 Å². The van der Waals surface area contributed by atoms with Crippen molar-refractivity contribution in [3.8, 4) is 0 Å². The lowest BCUT2D eigenvalue weighted by Gasteiger charge is -2.45. The molecule has 3 aromatic rings. The minimum atomic E-state index is -4.57. The first-order valence-electron chi connectivity index (χ1n) is 13.6. The van der Waals surface area contributed by atoms with Crippen molar-refractivity contribution in [2.75, 3.05) is 46.3 Å². The Morgan fingerprint density at radius 2 is 1.67 bits per heavy atom. The number of pyridine rings is 1. The Morgan fingerprint density at radius 1 is 0.953 bits per heavy atom. The van der Waals surface area contributed by atoms with E-state index in [2.05, 4.69) is 4.98 Å². The zero-order chi connectivity index (χ0) is 30.9. The van der Waals surface area contributed by atoms with E-state index in [0.29, 0.717) is 55.4 Å². The Balaban J connectivity index is 1.31. The summed E-state index contributed by atoms with van der Waals surface area (Å²) >= 11 is 12.5. The quantitative estimate of drug-likeness (QED) is 0.376. The lowest BCUT2D eigenvalue weighted by atomic mass is 9.85. The number of hydrogen-bond donors (Lipinski definition) is 0. The van der Waals surface area contributed by atoms with E-state index in [-0.39, 0.29) is 35.9 Å². The van der Waals surface area contributed by atoms with Crippen LogP contribution in [0.25, 0.3) is 0 Å². The third-order valence-corrected chi connectivity index (χ3v) is 8.65. The highest BCUT2D eigenvalue weighted by atomic mass is 35.5. The Hall–Kier alpha value is -3.77. The van der Waals surface area contributed by atoms with Crippen molar-refractivity contribution in [3.05, 3.63) is 87.6 Å². The lowest BCUT2D eigenvalue weighted by molar-refractivity contribution is -0.137. The molecule has 43 heavy (non-hydrogen) atoms. The van der Waals surface area contributed by atoms with Crippen LogP contribution in [-0.2, 0) is 6.18 Å². The van der Waals surface area contributed by atoms with Crippen molar-refractivity contribution >= 4 is 41.0 Å². The summed E-state index contributed by atoms with van der Waals surface area (Å²) in [5, 5.41) is 0.670. The molecular formula is C29H28Cl2F3N5O4. The third-order valence-electron chi connectivity index (χ3n) is 7.92. The van der Waals surface area contributed by atoms with Gasteiger partial charge in [0.25, 0.3) is 11.8 Å². The minimum Gasteiger partial charge on any atom is -0.459 e. The molecule has 0 unspecified atom stereocenters. The number of nitrogens with zero attached hydrogens (tertiary/aromatic N) is 5. The number of aromatic nitrogens is 1. The number of rotatable bonds is 4. The van der Waals surface area contributed by atoms with Gasteiger partial charge in [-0.2, -0.15) is 13.2 Å². The molecule has 4 heterocycles. The van der Waals surface area contributed by atoms with E-state index < -0.39 is 23.7 Å². The van der Waals surface area contributed by atoms with Crippen LogP contribution in [0.15, 0.2) is 59.3 Å². The topological polar surface area (TPSA) is 90.2 Å². The standard InChI is InChI=1S/C29H28Cl2F3N5O4/c1-36(26(40)23-7-5-19(16-35-23)29(32,33)34)24-8-9-39(17-20(24)18-4-6-21(30)22(31)15-18)28(42)38-12-10-37(11-13-38)27(41)25-3-2-14-43-25/h2-7,14-16,20,24H,8-13,17H2,1H3/t20-,24+/m0/s1. The maximum atomic E-state index is 13.6. The van der Waals surface area contributed by atoms with E-state index in [1.807, 2.05) is 0 Å². The first kappa shape index (κ1) is 30.7. The molecule has 4 amide bonds. The number of benzene rings is 1. The molecule has 0 radical (unpaired) electrons. The predicted octanol–water partition coefficient (Wildman–Crippen LogP) is 5.51.